The Bertz CT molecular complexity index is 931. The number of aliphatic hydroxyl groups is 1. The molecule has 1 aliphatic heterocycles. The van der Waals surface area contributed by atoms with Gasteiger partial charge in [0.05, 0.1) is 19.8 Å². The number of carbonyl (C=O) groups excluding carboxylic acids is 2. The summed E-state index contributed by atoms with van der Waals surface area (Å²) in [6.07, 6.45) is 1.15. The van der Waals surface area contributed by atoms with Gasteiger partial charge < -0.3 is 15.2 Å². The van der Waals surface area contributed by atoms with Crippen LogP contribution in [-0.2, 0) is 16.8 Å². The van der Waals surface area contributed by atoms with Crippen LogP contribution < -0.4 is 10.1 Å². The lowest BCUT2D eigenvalue weighted by Crippen LogP contribution is -2.46. The van der Waals surface area contributed by atoms with E-state index in [1.165, 1.54) is 0 Å². The van der Waals surface area contributed by atoms with Gasteiger partial charge in [0.25, 0.3) is 5.91 Å². The number of amides is 3. The quantitative estimate of drug-likeness (QED) is 0.773. The van der Waals surface area contributed by atoms with E-state index >= 15 is 0 Å². The molecule has 1 aliphatic carbocycles. The summed E-state index contributed by atoms with van der Waals surface area (Å²) in [6, 6.07) is 11.8. The van der Waals surface area contributed by atoms with Crippen LogP contribution in [0.5, 0.6) is 5.75 Å². The van der Waals surface area contributed by atoms with E-state index in [4.69, 9.17) is 16.3 Å². The van der Waals surface area contributed by atoms with Gasteiger partial charge in [0.1, 0.15) is 11.3 Å². The molecule has 0 bridgehead atoms. The molecule has 1 saturated heterocycles. The first-order chi connectivity index (χ1) is 13.4. The van der Waals surface area contributed by atoms with Crippen molar-refractivity contribution in [3.8, 4) is 5.75 Å². The fourth-order valence-corrected chi connectivity index (χ4v) is 4.23. The van der Waals surface area contributed by atoms with E-state index in [-0.39, 0.29) is 12.5 Å². The highest BCUT2D eigenvalue weighted by Crippen LogP contribution is 2.41. The van der Waals surface area contributed by atoms with E-state index in [1.54, 1.807) is 37.4 Å². The first-order valence-corrected chi connectivity index (χ1v) is 9.57. The molecular weight excluding hydrogens is 380 g/mol. The van der Waals surface area contributed by atoms with Crippen LogP contribution >= 0.6 is 11.6 Å². The van der Waals surface area contributed by atoms with Gasteiger partial charge in [-0.05, 0) is 60.2 Å². The van der Waals surface area contributed by atoms with Crippen molar-refractivity contribution in [2.75, 3.05) is 13.7 Å². The number of halogens is 1. The van der Waals surface area contributed by atoms with Gasteiger partial charge in [-0.1, -0.05) is 29.8 Å². The van der Waals surface area contributed by atoms with Crippen molar-refractivity contribution in [2.45, 2.75) is 30.9 Å². The number of imide groups is 1. The van der Waals surface area contributed by atoms with E-state index in [0.29, 0.717) is 17.0 Å². The number of β-amino-alcohol motifs (C(OH)–C–C–N with tert-alkyl or cyclic N) is 1. The summed E-state index contributed by atoms with van der Waals surface area (Å²) in [5.41, 5.74) is 1.33. The van der Waals surface area contributed by atoms with E-state index in [1.807, 2.05) is 12.1 Å². The van der Waals surface area contributed by atoms with Gasteiger partial charge in [-0.2, -0.15) is 0 Å². The number of hydrogen-bond donors (Lipinski definition) is 2. The molecule has 2 aromatic carbocycles. The topological polar surface area (TPSA) is 78.9 Å². The number of nitrogens with one attached hydrogen (secondary N) is 1. The van der Waals surface area contributed by atoms with Crippen LogP contribution in [0.15, 0.2) is 42.5 Å². The molecule has 4 rings (SSSR count). The zero-order chi connectivity index (χ0) is 19.9. The number of fused-ring (bicyclic) bond motifs is 2. The number of carbonyl (C=O) groups is 2. The van der Waals surface area contributed by atoms with Crippen molar-refractivity contribution in [2.24, 2.45) is 0 Å². The van der Waals surface area contributed by atoms with Crippen LogP contribution in [-0.4, -0.2) is 35.6 Å². The smallest absolute Gasteiger partial charge is 0.325 e. The summed E-state index contributed by atoms with van der Waals surface area (Å²) in [7, 11) is 1.60. The van der Waals surface area contributed by atoms with Crippen LogP contribution in [0.2, 0.25) is 5.02 Å². The van der Waals surface area contributed by atoms with E-state index in [2.05, 4.69) is 5.32 Å². The SMILES string of the molecule is COc1ccc2c(c1)CCCC21NC(=O)N(CC(O)c2ccc(Cl)cc2)C1=O. The molecule has 2 atom stereocenters. The number of benzene rings is 2. The van der Waals surface area contributed by atoms with Gasteiger partial charge in [0.2, 0.25) is 0 Å². The van der Waals surface area contributed by atoms with E-state index in [9.17, 15) is 14.7 Å². The maximum atomic E-state index is 13.3. The summed E-state index contributed by atoms with van der Waals surface area (Å²) in [5.74, 6) is 0.402. The summed E-state index contributed by atoms with van der Waals surface area (Å²) < 4.78 is 5.29. The number of nitrogens with zero attached hydrogens (tertiary/aromatic N) is 1. The van der Waals surface area contributed by atoms with Gasteiger partial charge in [0.15, 0.2) is 0 Å². The Labute approximate surface area is 168 Å². The average Bonchev–Trinajstić information content (AvgIpc) is 2.93. The van der Waals surface area contributed by atoms with Crippen molar-refractivity contribution in [3.05, 3.63) is 64.2 Å². The fourth-order valence-electron chi connectivity index (χ4n) is 4.11. The molecule has 2 aromatic rings. The van der Waals surface area contributed by atoms with Gasteiger partial charge in [-0.15, -0.1) is 0 Å². The zero-order valence-electron chi connectivity index (χ0n) is 15.4. The standard InChI is InChI=1S/C21H21ClN2O4/c1-28-16-8-9-17-14(11-16)3-2-10-21(17)19(26)24(20(27)23-21)12-18(25)13-4-6-15(22)7-5-13/h4-9,11,18,25H,2-3,10,12H2,1H3,(H,23,27). The molecule has 28 heavy (non-hydrogen) atoms. The fraction of sp³-hybridized carbons (Fsp3) is 0.333. The number of hydrogen-bond acceptors (Lipinski definition) is 4. The van der Waals surface area contributed by atoms with Crippen LogP contribution in [0, 0.1) is 0 Å². The molecule has 2 unspecified atom stereocenters. The minimum atomic E-state index is -1.07. The van der Waals surface area contributed by atoms with Crippen molar-refractivity contribution in [3.63, 3.8) is 0 Å². The first-order valence-electron chi connectivity index (χ1n) is 9.19. The molecular formula is C21H21ClN2O4. The minimum Gasteiger partial charge on any atom is -0.497 e. The summed E-state index contributed by atoms with van der Waals surface area (Å²) in [4.78, 5) is 27.1. The highest BCUT2D eigenvalue weighted by molar-refractivity contribution is 6.30. The largest absolute Gasteiger partial charge is 0.497 e. The van der Waals surface area contributed by atoms with Gasteiger partial charge in [-0.25, -0.2) is 4.79 Å². The molecule has 6 nitrogen and oxygen atoms in total. The minimum absolute atomic E-state index is 0.112. The second-order valence-corrected chi connectivity index (χ2v) is 7.63. The second-order valence-electron chi connectivity index (χ2n) is 7.20. The van der Waals surface area contributed by atoms with Gasteiger partial charge >= 0.3 is 6.03 Å². The highest BCUT2D eigenvalue weighted by Gasteiger charge is 2.54. The Morgan fingerprint density at radius 3 is 2.71 bits per heavy atom. The normalized spacial score (nSPS) is 22.2. The molecule has 3 amide bonds. The van der Waals surface area contributed by atoms with Crippen LogP contribution in [0.3, 0.4) is 0 Å². The molecule has 2 aliphatic rings. The predicted octanol–water partition coefficient (Wildman–Crippen LogP) is 3.17. The lowest BCUT2D eigenvalue weighted by molar-refractivity contribution is -0.133. The van der Waals surface area contributed by atoms with Crippen LogP contribution in [0.1, 0.15) is 35.6 Å². The molecule has 0 saturated carbocycles. The average molecular weight is 401 g/mol. The first kappa shape index (κ1) is 18.8. The number of ether oxygens (including phenoxy) is 1. The molecule has 1 spiro atoms. The molecule has 1 heterocycles. The number of urea groups is 1. The van der Waals surface area contributed by atoms with Crippen LogP contribution in [0.4, 0.5) is 4.79 Å². The Balaban J connectivity index is 1.62. The third kappa shape index (κ3) is 3.02. The Hall–Kier alpha value is -2.57. The van der Waals surface area contributed by atoms with Gasteiger partial charge in [0, 0.05) is 5.02 Å². The molecule has 2 N–H and O–H groups in total. The summed E-state index contributed by atoms with van der Waals surface area (Å²) in [5, 5.41) is 14.0. The summed E-state index contributed by atoms with van der Waals surface area (Å²) >= 11 is 5.88. The van der Waals surface area contributed by atoms with Crippen molar-refractivity contribution >= 4 is 23.5 Å². The maximum absolute atomic E-state index is 13.3. The Morgan fingerprint density at radius 1 is 1.25 bits per heavy atom. The van der Waals surface area contributed by atoms with Crippen molar-refractivity contribution in [1.29, 1.82) is 0 Å². The number of methoxy groups -OCH3 is 1. The number of aryl methyl sites for hydroxylation is 1. The van der Waals surface area contributed by atoms with Crippen molar-refractivity contribution < 1.29 is 19.4 Å². The van der Waals surface area contributed by atoms with Crippen molar-refractivity contribution in [1.82, 2.24) is 10.2 Å². The van der Waals surface area contributed by atoms with Crippen LogP contribution in [0.25, 0.3) is 0 Å². The Morgan fingerprint density at radius 2 is 2.00 bits per heavy atom. The number of rotatable bonds is 4. The molecule has 7 heteroatoms. The lowest BCUT2D eigenvalue weighted by Gasteiger charge is -2.33. The van der Waals surface area contributed by atoms with E-state index < -0.39 is 17.7 Å². The maximum Gasteiger partial charge on any atom is 0.325 e. The lowest BCUT2D eigenvalue weighted by atomic mass is 9.76. The zero-order valence-corrected chi connectivity index (χ0v) is 16.2. The molecule has 1 fully saturated rings. The predicted molar refractivity (Wildman–Crippen MR) is 104 cm³/mol. The summed E-state index contributed by atoms with van der Waals surface area (Å²) in [6.45, 7) is -0.112. The molecule has 146 valence electrons. The molecule has 0 aromatic heterocycles. The molecule has 0 radical (unpaired) electrons. The van der Waals surface area contributed by atoms with Gasteiger partial charge in [-0.3, -0.25) is 9.69 Å². The Kier molecular flexibility index (Phi) is 4.77. The third-order valence-electron chi connectivity index (χ3n) is 5.56. The monoisotopic (exact) mass is 400 g/mol. The number of aliphatic hydroxyl groups excluding tert-OH is 1. The third-order valence-corrected chi connectivity index (χ3v) is 5.81. The second kappa shape index (κ2) is 7.11. The van der Waals surface area contributed by atoms with E-state index in [0.717, 1.165) is 34.6 Å². The highest BCUT2D eigenvalue weighted by atomic mass is 35.5.